The summed E-state index contributed by atoms with van der Waals surface area (Å²) in [6, 6.07) is 14.3. The Balaban J connectivity index is 2.40. The van der Waals surface area contributed by atoms with Gasteiger partial charge in [0.1, 0.15) is 10.6 Å². The number of nitrogens with zero attached hydrogens (tertiary/aromatic N) is 1. The van der Waals surface area contributed by atoms with Gasteiger partial charge < -0.3 is 10.1 Å². The van der Waals surface area contributed by atoms with E-state index < -0.39 is 10.0 Å². The summed E-state index contributed by atoms with van der Waals surface area (Å²) in [6.07, 6.45) is 0.844. The minimum atomic E-state index is -3.72. The minimum absolute atomic E-state index is 0.0296. The van der Waals surface area contributed by atoms with Gasteiger partial charge in [0.2, 0.25) is 15.9 Å². The van der Waals surface area contributed by atoms with Gasteiger partial charge in [-0.2, -0.15) is 0 Å². The van der Waals surface area contributed by atoms with Crippen molar-refractivity contribution < 1.29 is 17.9 Å². The van der Waals surface area contributed by atoms with Gasteiger partial charge in [0, 0.05) is 19.8 Å². The zero-order valence-electron chi connectivity index (χ0n) is 17.7. The molecule has 7 heteroatoms. The summed E-state index contributed by atoms with van der Waals surface area (Å²) in [5.74, 6) is -0.101. The van der Waals surface area contributed by atoms with Crippen LogP contribution in [0.3, 0.4) is 0 Å². The lowest BCUT2D eigenvalue weighted by Gasteiger charge is -2.23. The van der Waals surface area contributed by atoms with Crippen molar-refractivity contribution in [3.63, 3.8) is 0 Å². The number of sulfonamides is 1. The van der Waals surface area contributed by atoms with E-state index in [1.807, 2.05) is 44.2 Å². The molecule has 2 rings (SSSR count). The van der Waals surface area contributed by atoms with Crippen LogP contribution in [0, 0.1) is 5.92 Å². The summed E-state index contributed by atoms with van der Waals surface area (Å²) >= 11 is 0. The first-order chi connectivity index (χ1) is 13.7. The van der Waals surface area contributed by atoms with Gasteiger partial charge >= 0.3 is 0 Å². The molecule has 0 spiro atoms. The van der Waals surface area contributed by atoms with Gasteiger partial charge in [0.25, 0.3) is 0 Å². The Morgan fingerprint density at radius 2 is 1.76 bits per heavy atom. The minimum Gasteiger partial charge on any atom is -0.492 e. The molecule has 0 fully saturated rings. The highest BCUT2D eigenvalue weighted by molar-refractivity contribution is 7.89. The molecule has 2 atom stereocenters. The molecule has 6 nitrogen and oxygen atoms in total. The normalized spacial score (nSPS) is 13.7. The van der Waals surface area contributed by atoms with Crippen LogP contribution in [0.2, 0.25) is 0 Å². The third kappa shape index (κ3) is 5.36. The number of carbonyl (C=O) groups is 1. The molecule has 0 unspecified atom stereocenters. The van der Waals surface area contributed by atoms with Crippen molar-refractivity contribution in [1.29, 1.82) is 0 Å². The van der Waals surface area contributed by atoms with E-state index in [1.165, 1.54) is 20.2 Å². The van der Waals surface area contributed by atoms with Crippen LogP contribution in [0.5, 0.6) is 5.75 Å². The van der Waals surface area contributed by atoms with Crippen LogP contribution >= 0.6 is 0 Å². The van der Waals surface area contributed by atoms with Crippen molar-refractivity contribution in [1.82, 2.24) is 4.31 Å². The second-order valence-corrected chi connectivity index (χ2v) is 9.27. The summed E-state index contributed by atoms with van der Waals surface area (Å²) in [4.78, 5) is 13.1. The lowest BCUT2D eigenvalue weighted by atomic mass is 9.85. The number of carbonyl (C=O) groups excluding carboxylic acids is 1. The molecule has 0 saturated carbocycles. The maximum atomic E-state index is 13.1. The van der Waals surface area contributed by atoms with E-state index in [0.29, 0.717) is 12.3 Å². The smallest absolute Gasteiger partial charge is 0.246 e. The zero-order chi connectivity index (χ0) is 21.6. The number of hydrogen-bond donors (Lipinski definition) is 1. The van der Waals surface area contributed by atoms with Crippen molar-refractivity contribution in [2.45, 2.75) is 38.0 Å². The van der Waals surface area contributed by atoms with E-state index in [-0.39, 0.29) is 28.4 Å². The molecule has 0 saturated heterocycles. The van der Waals surface area contributed by atoms with Crippen LogP contribution in [0.25, 0.3) is 0 Å². The molecule has 0 aliphatic carbocycles. The van der Waals surface area contributed by atoms with E-state index >= 15 is 0 Å². The number of nitrogens with one attached hydrogen (secondary N) is 1. The van der Waals surface area contributed by atoms with Crippen molar-refractivity contribution in [3.8, 4) is 5.75 Å². The number of benzene rings is 2. The molecule has 29 heavy (non-hydrogen) atoms. The summed E-state index contributed by atoms with van der Waals surface area (Å²) in [5, 5.41) is 2.90. The highest BCUT2D eigenvalue weighted by Crippen LogP contribution is 2.32. The van der Waals surface area contributed by atoms with Gasteiger partial charge in [0.05, 0.1) is 12.5 Å². The summed E-state index contributed by atoms with van der Waals surface area (Å²) < 4.78 is 32.0. The molecule has 0 bridgehead atoms. The van der Waals surface area contributed by atoms with Crippen LogP contribution in [-0.4, -0.2) is 39.3 Å². The molecule has 2 aromatic carbocycles. The van der Waals surface area contributed by atoms with Crippen LogP contribution in [0.15, 0.2) is 53.4 Å². The Bertz CT molecular complexity index is 927. The maximum absolute atomic E-state index is 13.1. The molecule has 0 aliphatic rings. The van der Waals surface area contributed by atoms with E-state index in [0.717, 1.165) is 16.3 Å². The summed E-state index contributed by atoms with van der Waals surface area (Å²) in [6.45, 7) is 6.22. The van der Waals surface area contributed by atoms with Crippen molar-refractivity contribution >= 4 is 21.6 Å². The Hall–Kier alpha value is -2.38. The molecule has 0 heterocycles. The molecule has 0 radical (unpaired) electrons. The Labute approximate surface area is 173 Å². The average Bonchev–Trinajstić information content (AvgIpc) is 2.69. The van der Waals surface area contributed by atoms with Crippen molar-refractivity contribution in [2.75, 3.05) is 26.0 Å². The second-order valence-electron chi connectivity index (χ2n) is 7.15. The fourth-order valence-corrected chi connectivity index (χ4v) is 4.16. The van der Waals surface area contributed by atoms with E-state index in [9.17, 15) is 13.2 Å². The van der Waals surface area contributed by atoms with Gasteiger partial charge in [-0.1, -0.05) is 50.6 Å². The van der Waals surface area contributed by atoms with Gasteiger partial charge in [-0.25, -0.2) is 12.7 Å². The average molecular weight is 419 g/mol. The van der Waals surface area contributed by atoms with Gasteiger partial charge in [-0.05, 0) is 36.6 Å². The number of hydrogen-bond acceptors (Lipinski definition) is 4. The molecular weight excluding hydrogens is 388 g/mol. The van der Waals surface area contributed by atoms with Crippen LogP contribution < -0.4 is 10.1 Å². The molecule has 0 aliphatic heterocycles. The quantitative estimate of drug-likeness (QED) is 0.665. The monoisotopic (exact) mass is 418 g/mol. The second kappa shape index (κ2) is 9.89. The van der Waals surface area contributed by atoms with E-state index in [1.54, 1.807) is 19.1 Å². The lowest BCUT2D eigenvalue weighted by molar-refractivity contribution is -0.118. The van der Waals surface area contributed by atoms with Gasteiger partial charge in [0.15, 0.2) is 0 Å². The van der Waals surface area contributed by atoms with Crippen LogP contribution in [0.4, 0.5) is 5.69 Å². The zero-order valence-corrected chi connectivity index (χ0v) is 18.5. The number of amides is 1. The number of rotatable bonds is 9. The predicted octanol–water partition coefficient (Wildman–Crippen LogP) is 4.10. The van der Waals surface area contributed by atoms with Crippen molar-refractivity contribution in [3.05, 3.63) is 54.1 Å². The standard InChI is InChI=1S/C22H30N2O4S/c1-6-16(3)21(17-11-9-8-10-12-17)22(25)23-18-13-14-19(28-7-2)20(15-18)29(26,27)24(4)5/h8-16,21H,6-7H2,1-5H3,(H,23,25)/t16-,21+/m0/s1. The molecule has 0 aromatic heterocycles. The van der Waals surface area contributed by atoms with E-state index in [2.05, 4.69) is 5.32 Å². The lowest BCUT2D eigenvalue weighted by Crippen LogP contribution is -2.27. The highest BCUT2D eigenvalue weighted by Gasteiger charge is 2.27. The van der Waals surface area contributed by atoms with E-state index in [4.69, 9.17) is 4.74 Å². The molecule has 2 aromatic rings. The molecular formula is C22H30N2O4S. The summed E-state index contributed by atoms with van der Waals surface area (Å²) in [7, 11) is -0.798. The number of anilines is 1. The number of ether oxygens (including phenoxy) is 1. The Kier molecular flexibility index (Phi) is 7.81. The summed E-state index contributed by atoms with van der Waals surface area (Å²) in [5.41, 5.74) is 1.36. The Morgan fingerprint density at radius 1 is 1.10 bits per heavy atom. The fourth-order valence-electron chi connectivity index (χ4n) is 3.11. The third-order valence-electron chi connectivity index (χ3n) is 4.92. The fraction of sp³-hybridized carbons (Fsp3) is 0.409. The predicted molar refractivity (Wildman–Crippen MR) is 116 cm³/mol. The maximum Gasteiger partial charge on any atom is 0.246 e. The van der Waals surface area contributed by atoms with Crippen molar-refractivity contribution in [2.24, 2.45) is 5.92 Å². The third-order valence-corrected chi connectivity index (χ3v) is 6.76. The van der Waals surface area contributed by atoms with Gasteiger partial charge in [-0.15, -0.1) is 0 Å². The SMILES string of the molecule is CCOc1ccc(NC(=O)[C@@H](c2ccccc2)[C@@H](C)CC)cc1S(=O)(=O)N(C)C. The first-order valence-electron chi connectivity index (χ1n) is 9.77. The largest absolute Gasteiger partial charge is 0.492 e. The molecule has 1 amide bonds. The topological polar surface area (TPSA) is 75.7 Å². The van der Waals surface area contributed by atoms with Crippen LogP contribution in [0.1, 0.15) is 38.7 Å². The van der Waals surface area contributed by atoms with Gasteiger partial charge in [-0.3, -0.25) is 4.79 Å². The molecule has 1 N–H and O–H groups in total. The Morgan fingerprint density at radius 3 is 2.31 bits per heavy atom. The van der Waals surface area contributed by atoms with Crippen LogP contribution in [-0.2, 0) is 14.8 Å². The highest BCUT2D eigenvalue weighted by atomic mass is 32.2. The molecule has 158 valence electrons. The first kappa shape index (κ1) is 22.9. The first-order valence-corrected chi connectivity index (χ1v) is 11.2.